The number of nitrogens with zero attached hydrogens (tertiary/aromatic N) is 1. The minimum absolute atomic E-state index is 0.00899. The van der Waals surface area contributed by atoms with Gasteiger partial charge in [0.2, 0.25) is 0 Å². The van der Waals surface area contributed by atoms with Crippen molar-refractivity contribution in [3.8, 4) is 0 Å². The zero-order valence-corrected chi connectivity index (χ0v) is 17.9. The number of hydrogen-bond donors (Lipinski definition) is 0. The van der Waals surface area contributed by atoms with Gasteiger partial charge in [0.1, 0.15) is 5.82 Å². The molecule has 2 aliphatic heterocycles. The third-order valence-electron chi connectivity index (χ3n) is 6.17. The number of piperidine rings is 1. The summed E-state index contributed by atoms with van der Waals surface area (Å²) >= 11 is 6.10. The van der Waals surface area contributed by atoms with Gasteiger partial charge in [0.15, 0.2) is 0 Å². The molecule has 6 heteroatoms. The summed E-state index contributed by atoms with van der Waals surface area (Å²) < 4.78 is 26.0. The molecule has 4 rings (SSSR count). The Balaban J connectivity index is 1.48. The Bertz CT molecular complexity index is 883. The molecule has 2 aliphatic rings. The fourth-order valence-corrected chi connectivity index (χ4v) is 4.89. The monoisotopic (exact) mass is 431 g/mol. The van der Waals surface area contributed by atoms with E-state index in [1.54, 1.807) is 4.90 Å². The third-order valence-corrected chi connectivity index (χ3v) is 6.48. The van der Waals surface area contributed by atoms with Gasteiger partial charge in [0.25, 0.3) is 5.91 Å². The van der Waals surface area contributed by atoms with Crippen molar-refractivity contribution in [2.24, 2.45) is 0 Å². The first-order valence-electron chi connectivity index (χ1n) is 10.6. The quantitative estimate of drug-likeness (QED) is 0.649. The first-order valence-corrected chi connectivity index (χ1v) is 11.0. The molecule has 2 atom stereocenters. The summed E-state index contributed by atoms with van der Waals surface area (Å²) in [7, 11) is 0. The van der Waals surface area contributed by atoms with Crippen LogP contribution in [0.25, 0.3) is 0 Å². The van der Waals surface area contributed by atoms with Crippen molar-refractivity contribution in [1.29, 1.82) is 0 Å². The van der Waals surface area contributed by atoms with Crippen LogP contribution < -0.4 is 0 Å². The second-order valence-electron chi connectivity index (χ2n) is 8.13. The van der Waals surface area contributed by atoms with E-state index in [1.165, 1.54) is 18.2 Å². The van der Waals surface area contributed by atoms with Gasteiger partial charge in [-0.1, -0.05) is 41.9 Å². The van der Waals surface area contributed by atoms with Crippen LogP contribution in [0.4, 0.5) is 4.39 Å². The maximum Gasteiger partial charge on any atom is 0.255 e. The van der Waals surface area contributed by atoms with E-state index in [4.69, 9.17) is 21.1 Å². The predicted octanol–water partition coefficient (Wildman–Crippen LogP) is 5.41. The number of rotatable bonds is 4. The summed E-state index contributed by atoms with van der Waals surface area (Å²) in [4.78, 5) is 14.7. The molecule has 2 fully saturated rings. The molecule has 0 unspecified atom stereocenters. The lowest BCUT2D eigenvalue weighted by Gasteiger charge is -2.48. The number of hydrogen-bond acceptors (Lipinski definition) is 3. The summed E-state index contributed by atoms with van der Waals surface area (Å²) in [5.74, 6) is -0.606. The predicted molar refractivity (Wildman–Crippen MR) is 114 cm³/mol. The molecule has 0 N–H and O–H groups in total. The lowest BCUT2D eigenvalue weighted by atomic mass is 9.80. The molecule has 1 spiro atoms. The molecule has 160 valence electrons. The number of carbonyl (C=O) groups excluding carboxylic acids is 1. The summed E-state index contributed by atoms with van der Waals surface area (Å²) in [5.41, 5.74) is 1.20. The van der Waals surface area contributed by atoms with Crippen molar-refractivity contribution in [3.63, 3.8) is 0 Å². The van der Waals surface area contributed by atoms with Crippen LogP contribution in [0.2, 0.25) is 5.02 Å². The number of halogens is 2. The molecular weight excluding hydrogens is 405 g/mol. The van der Waals surface area contributed by atoms with Gasteiger partial charge in [-0.25, -0.2) is 4.39 Å². The molecule has 2 aromatic rings. The topological polar surface area (TPSA) is 38.8 Å². The molecule has 0 aliphatic carbocycles. The molecule has 0 aromatic heterocycles. The molecule has 0 saturated carbocycles. The van der Waals surface area contributed by atoms with Crippen molar-refractivity contribution in [1.82, 2.24) is 4.90 Å². The van der Waals surface area contributed by atoms with E-state index in [0.717, 1.165) is 31.2 Å². The highest BCUT2D eigenvalue weighted by Crippen LogP contribution is 2.44. The van der Waals surface area contributed by atoms with Crippen LogP contribution in [0.15, 0.2) is 48.5 Å². The Morgan fingerprint density at radius 1 is 1.23 bits per heavy atom. The van der Waals surface area contributed by atoms with Crippen molar-refractivity contribution in [2.75, 3.05) is 19.7 Å². The molecular formula is C24H27ClFNO3. The maximum atomic E-state index is 13.3. The van der Waals surface area contributed by atoms with Crippen LogP contribution in [0.1, 0.15) is 54.6 Å². The molecule has 30 heavy (non-hydrogen) atoms. The fourth-order valence-electron chi connectivity index (χ4n) is 4.64. The zero-order chi connectivity index (χ0) is 21.1. The van der Waals surface area contributed by atoms with E-state index in [2.05, 4.69) is 12.1 Å². The third kappa shape index (κ3) is 4.53. The summed E-state index contributed by atoms with van der Waals surface area (Å²) in [6, 6.07) is 14.2. The van der Waals surface area contributed by atoms with Crippen LogP contribution in [-0.2, 0) is 9.47 Å². The minimum atomic E-state index is -0.446. The average molecular weight is 432 g/mol. The van der Waals surface area contributed by atoms with Gasteiger partial charge in [-0.2, -0.15) is 0 Å². The van der Waals surface area contributed by atoms with E-state index >= 15 is 0 Å². The van der Waals surface area contributed by atoms with Crippen LogP contribution in [0.5, 0.6) is 0 Å². The maximum absolute atomic E-state index is 13.3. The minimum Gasteiger partial charge on any atom is -0.378 e. The van der Waals surface area contributed by atoms with Gasteiger partial charge in [0.05, 0.1) is 28.4 Å². The molecule has 1 amide bonds. The summed E-state index contributed by atoms with van der Waals surface area (Å²) in [5, 5.41) is 0.148. The fraction of sp³-hybridized carbons (Fsp3) is 0.458. The first kappa shape index (κ1) is 21.3. The van der Waals surface area contributed by atoms with E-state index in [1.807, 2.05) is 25.1 Å². The van der Waals surface area contributed by atoms with E-state index in [0.29, 0.717) is 25.3 Å². The average Bonchev–Trinajstić information content (AvgIpc) is 2.74. The van der Waals surface area contributed by atoms with Gasteiger partial charge < -0.3 is 14.4 Å². The van der Waals surface area contributed by atoms with Gasteiger partial charge in [0, 0.05) is 32.5 Å². The highest BCUT2D eigenvalue weighted by molar-refractivity contribution is 6.33. The van der Waals surface area contributed by atoms with Gasteiger partial charge in [-0.15, -0.1) is 0 Å². The molecule has 4 nitrogen and oxygen atoms in total. The highest BCUT2D eigenvalue weighted by atomic mass is 35.5. The highest BCUT2D eigenvalue weighted by Gasteiger charge is 2.45. The van der Waals surface area contributed by atoms with Crippen LogP contribution in [0.3, 0.4) is 0 Å². The summed E-state index contributed by atoms with van der Waals surface area (Å²) in [6.45, 7) is 3.85. The molecule has 0 bridgehead atoms. The van der Waals surface area contributed by atoms with Crippen molar-refractivity contribution < 1.29 is 18.7 Å². The number of amides is 1. The number of benzene rings is 2. The normalized spacial score (nSPS) is 23.5. The van der Waals surface area contributed by atoms with Crippen LogP contribution in [0, 0.1) is 5.82 Å². The number of likely N-dealkylation sites (tertiary alicyclic amines) is 1. The van der Waals surface area contributed by atoms with Crippen molar-refractivity contribution >= 4 is 17.5 Å². The SMILES string of the molecule is CCO[C@H]1C[C@@H](c2ccccc2)OC2(CCN(C(=O)c3ccc(F)cc3Cl)CC2)C1. The number of carbonyl (C=O) groups is 1. The lowest BCUT2D eigenvalue weighted by Crippen LogP contribution is -2.52. The Morgan fingerprint density at radius 2 is 1.97 bits per heavy atom. The second-order valence-corrected chi connectivity index (χ2v) is 8.54. The van der Waals surface area contributed by atoms with Crippen molar-refractivity contribution in [2.45, 2.75) is 50.4 Å². The van der Waals surface area contributed by atoms with E-state index in [9.17, 15) is 9.18 Å². The van der Waals surface area contributed by atoms with E-state index in [-0.39, 0.29) is 28.7 Å². The molecule has 0 radical (unpaired) electrons. The molecule has 2 aromatic carbocycles. The lowest BCUT2D eigenvalue weighted by molar-refractivity contribution is -0.190. The Hall–Kier alpha value is -1.95. The number of ether oxygens (including phenoxy) is 2. The second kappa shape index (κ2) is 9.04. The van der Waals surface area contributed by atoms with Gasteiger partial charge in [-0.3, -0.25) is 4.79 Å². The molecule has 2 saturated heterocycles. The van der Waals surface area contributed by atoms with Crippen molar-refractivity contribution in [3.05, 3.63) is 70.5 Å². The van der Waals surface area contributed by atoms with Crippen LogP contribution in [-0.4, -0.2) is 42.2 Å². The van der Waals surface area contributed by atoms with Gasteiger partial charge in [-0.05, 0) is 43.5 Å². The van der Waals surface area contributed by atoms with E-state index < -0.39 is 5.82 Å². The largest absolute Gasteiger partial charge is 0.378 e. The van der Waals surface area contributed by atoms with Gasteiger partial charge >= 0.3 is 0 Å². The standard InChI is InChI=1S/C24H27ClFNO3/c1-2-29-19-15-22(17-6-4-3-5-7-17)30-24(16-19)10-12-27(13-11-24)23(28)20-9-8-18(26)14-21(20)25/h3-9,14,19,22H,2,10-13,15-16H2,1H3/t19-,22-/m0/s1. The Morgan fingerprint density at radius 3 is 2.63 bits per heavy atom. The van der Waals surface area contributed by atoms with Crippen LogP contribution >= 0.6 is 11.6 Å². The summed E-state index contributed by atoms with van der Waals surface area (Å²) in [6.07, 6.45) is 3.29. The first-order chi connectivity index (χ1) is 14.5. The molecule has 2 heterocycles. The Labute approximate surface area is 181 Å². The smallest absolute Gasteiger partial charge is 0.255 e. The zero-order valence-electron chi connectivity index (χ0n) is 17.2. The Kier molecular flexibility index (Phi) is 6.42.